The molecule has 3 rings (SSSR count). The normalized spacial score (nSPS) is 21.6. The van der Waals surface area contributed by atoms with Gasteiger partial charge in [0, 0.05) is 15.9 Å². The number of halogens is 1. The fraction of sp³-hybridized carbons (Fsp3) is 0.333. The molecular weight excluding hydrogens is 338 g/mol. The number of rotatable bonds is 3. The van der Waals surface area contributed by atoms with E-state index in [9.17, 15) is 9.59 Å². The van der Waals surface area contributed by atoms with Gasteiger partial charge in [0.15, 0.2) is 5.76 Å². The third-order valence-corrected chi connectivity index (χ3v) is 4.31. The summed E-state index contributed by atoms with van der Waals surface area (Å²) >= 11 is 3.37. The summed E-state index contributed by atoms with van der Waals surface area (Å²) in [5.41, 5.74) is 0.651. The maximum absolute atomic E-state index is 12.2. The molecule has 0 bridgehead atoms. The number of hydrogen-bond acceptors (Lipinski definition) is 3. The second-order valence-electron chi connectivity index (χ2n) is 5.31. The van der Waals surface area contributed by atoms with Gasteiger partial charge in [-0.2, -0.15) is 0 Å². The molecule has 2 atom stereocenters. The number of benzene rings is 1. The monoisotopic (exact) mass is 351 g/mol. The SMILES string of the molecule is O=C(N[C@H]1CC[C@@H](C(=O)O)C1)c1cc2cc(Br)ccc2o1. The lowest BCUT2D eigenvalue weighted by atomic mass is 10.1. The first kappa shape index (κ1) is 14.1. The molecule has 6 heteroatoms. The van der Waals surface area contributed by atoms with Crippen LogP contribution in [-0.2, 0) is 4.79 Å². The van der Waals surface area contributed by atoms with E-state index in [0.29, 0.717) is 24.8 Å². The molecule has 2 aromatic rings. The van der Waals surface area contributed by atoms with Gasteiger partial charge < -0.3 is 14.8 Å². The number of carboxylic acids is 1. The van der Waals surface area contributed by atoms with E-state index in [1.54, 1.807) is 12.1 Å². The Morgan fingerprint density at radius 1 is 1.29 bits per heavy atom. The average molecular weight is 352 g/mol. The van der Waals surface area contributed by atoms with Crippen LogP contribution in [0.1, 0.15) is 29.8 Å². The number of hydrogen-bond donors (Lipinski definition) is 2. The first-order chi connectivity index (χ1) is 10.0. The number of fused-ring (bicyclic) bond motifs is 1. The van der Waals surface area contributed by atoms with E-state index in [1.807, 2.05) is 12.1 Å². The lowest BCUT2D eigenvalue weighted by molar-refractivity contribution is -0.141. The molecule has 21 heavy (non-hydrogen) atoms. The number of carbonyl (C=O) groups excluding carboxylic acids is 1. The van der Waals surface area contributed by atoms with E-state index in [-0.39, 0.29) is 23.6 Å². The minimum absolute atomic E-state index is 0.0986. The predicted molar refractivity (Wildman–Crippen MR) is 80.1 cm³/mol. The van der Waals surface area contributed by atoms with Crippen molar-refractivity contribution in [3.8, 4) is 0 Å². The number of amides is 1. The quantitative estimate of drug-likeness (QED) is 0.889. The summed E-state index contributed by atoms with van der Waals surface area (Å²) in [5.74, 6) is -1.19. The van der Waals surface area contributed by atoms with E-state index in [0.717, 1.165) is 9.86 Å². The van der Waals surface area contributed by atoms with Crippen molar-refractivity contribution in [3.05, 3.63) is 34.5 Å². The molecule has 0 spiro atoms. The van der Waals surface area contributed by atoms with Gasteiger partial charge in [-0.15, -0.1) is 0 Å². The zero-order valence-corrected chi connectivity index (χ0v) is 12.7. The summed E-state index contributed by atoms with van der Waals surface area (Å²) in [5, 5.41) is 12.7. The van der Waals surface area contributed by atoms with E-state index in [2.05, 4.69) is 21.2 Å². The fourth-order valence-electron chi connectivity index (χ4n) is 2.72. The van der Waals surface area contributed by atoms with Crippen LogP contribution in [-0.4, -0.2) is 23.0 Å². The molecule has 1 heterocycles. The minimum atomic E-state index is -0.791. The van der Waals surface area contributed by atoms with Gasteiger partial charge in [0.25, 0.3) is 5.91 Å². The van der Waals surface area contributed by atoms with Crippen molar-refractivity contribution in [2.75, 3.05) is 0 Å². The van der Waals surface area contributed by atoms with Gasteiger partial charge in [-0.3, -0.25) is 9.59 Å². The largest absolute Gasteiger partial charge is 0.481 e. The molecule has 1 saturated carbocycles. The van der Waals surface area contributed by atoms with Gasteiger partial charge in [-0.25, -0.2) is 0 Å². The standard InChI is InChI=1S/C15H14BrNO4/c16-10-2-4-12-9(5-10)7-13(21-12)14(18)17-11-3-1-8(6-11)15(19)20/h2,4-5,7-8,11H,1,3,6H2,(H,17,18)(H,19,20)/t8-,11+/m1/s1. The third kappa shape index (κ3) is 2.95. The molecule has 0 aliphatic heterocycles. The second-order valence-corrected chi connectivity index (χ2v) is 6.23. The van der Waals surface area contributed by atoms with Crippen LogP contribution in [0.4, 0.5) is 0 Å². The summed E-state index contributed by atoms with van der Waals surface area (Å²) in [6.45, 7) is 0. The molecule has 1 aliphatic rings. The van der Waals surface area contributed by atoms with Crippen LogP contribution in [0.2, 0.25) is 0 Å². The highest BCUT2D eigenvalue weighted by Gasteiger charge is 2.31. The van der Waals surface area contributed by atoms with Crippen LogP contribution in [0.5, 0.6) is 0 Å². The highest BCUT2D eigenvalue weighted by molar-refractivity contribution is 9.10. The molecule has 1 aliphatic carbocycles. The van der Waals surface area contributed by atoms with Gasteiger partial charge in [-0.1, -0.05) is 15.9 Å². The Balaban J connectivity index is 1.71. The van der Waals surface area contributed by atoms with Crippen LogP contribution in [0.25, 0.3) is 11.0 Å². The van der Waals surface area contributed by atoms with Crippen LogP contribution in [0.15, 0.2) is 33.2 Å². The number of aliphatic carboxylic acids is 1. The Hall–Kier alpha value is -1.82. The first-order valence-corrected chi connectivity index (χ1v) is 7.55. The molecular formula is C15H14BrNO4. The number of carbonyl (C=O) groups is 2. The molecule has 1 aromatic carbocycles. The molecule has 2 N–H and O–H groups in total. The van der Waals surface area contributed by atoms with E-state index >= 15 is 0 Å². The maximum Gasteiger partial charge on any atom is 0.306 e. The van der Waals surface area contributed by atoms with Crippen LogP contribution < -0.4 is 5.32 Å². The number of furan rings is 1. The Kier molecular flexibility index (Phi) is 3.71. The lowest BCUT2D eigenvalue weighted by Crippen LogP contribution is -2.33. The van der Waals surface area contributed by atoms with Gasteiger partial charge in [0.2, 0.25) is 0 Å². The van der Waals surface area contributed by atoms with Gasteiger partial charge in [-0.05, 0) is 43.5 Å². The van der Waals surface area contributed by atoms with Crippen molar-refractivity contribution in [2.45, 2.75) is 25.3 Å². The zero-order valence-electron chi connectivity index (χ0n) is 11.1. The van der Waals surface area contributed by atoms with Crippen LogP contribution >= 0.6 is 15.9 Å². The van der Waals surface area contributed by atoms with Gasteiger partial charge in [0.1, 0.15) is 5.58 Å². The molecule has 1 fully saturated rings. The van der Waals surface area contributed by atoms with Crippen LogP contribution in [0.3, 0.4) is 0 Å². The van der Waals surface area contributed by atoms with Crippen molar-refractivity contribution >= 4 is 38.8 Å². The predicted octanol–water partition coefficient (Wildman–Crippen LogP) is 3.18. The summed E-state index contributed by atoms with van der Waals surface area (Å²) in [6, 6.07) is 7.12. The van der Waals surface area contributed by atoms with Crippen molar-refractivity contribution < 1.29 is 19.1 Å². The first-order valence-electron chi connectivity index (χ1n) is 6.75. The number of carboxylic acid groups (broad SMARTS) is 1. The van der Waals surface area contributed by atoms with Crippen molar-refractivity contribution in [2.24, 2.45) is 5.92 Å². The number of nitrogens with one attached hydrogen (secondary N) is 1. The second kappa shape index (κ2) is 5.52. The van der Waals surface area contributed by atoms with Gasteiger partial charge in [0.05, 0.1) is 5.92 Å². The maximum atomic E-state index is 12.2. The molecule has 0 saturated heterocycles. The third-order valence-electron chi connectivity index (χ3n) is 3.82. The van der Waals surface area contributed by atoms with Crippen molar-refractivity contribution in [1.29, 1.82) is 0 Å². The zero-order chi connectivity index (χ0) is 15.0. The molecule has 1 amide bonds. The van der Waals surface area contributed by atoms with Crippen molar-refractivity contribution in [3.63, 3.8) is 0 Å². The van der Waals surface area contributed by atoms with Crippen molar-refractivity contribution in [1.82, 2.24) is 5.32 Å². The van der Waals surface area contributed by atoms with E-state index in [4.69, 9.17) is 9.52 Å². The molecule has 0 unspecified atom stereocenters. The summed E-state index contributed by atoms with van der Waals surface area (Å²) in [7, 11) is 0. The fourth-order valence-corrected chi connectivity index (χ4v) is 3.10. The Bertz CT molecular complexity index is 709. The minimum Gasteiger partial charge on any atom is -0.481 e. The van der Waals surface area contributed by atoms with Crippen LogP contribution in [0, 0.1) is 5.92 Å². The smallest absolute Gasteiger partial charge is 0.306 e. The highest BCUT2D eigenvalue weighted by Crippen LogP contribution is 2.27. The topological polar surface area (TPSA) is 79.5 Å². The Morgan fingerprint density at radius 2 is 2.10 bits per heavy atom. The summed E-state index contributed by atoms with van der Waals surface area (Å²) in [6.07, 6.45) is 1.77. The average Bonchev–Trinajstić information content (AvgIpc) is 3.04. The molecule has 0 radical (unpaired) electrons. The Labute approximate surface area is 129 Å². The summed E-state index contributed by atoms with van der Waals surface area (Å²) < 4.78 is 6.44. The molecule has 1 aromatic heterocycles. The van der Waals surface area contributed by atoms with E-state index in [1.165, 1.54) is 0 Å². The van der Waals surface area contributed by atoms with Gasteiger partial charge >= 0.3 is 5.97 Å². The summed E-state index contributed by atoms with van der Waals surface area (Å²) in [4.78, 5) is 23.1. The highest BCUT2D eigenvalue weighted by atomic mass is 79.9. The Morgan fingerprint density at radius 3 is 2.81 bits per heavy atom. The molecule has 5 nitrogen and oxygen atoms in total. The molecule has 110 valence electrons. The van der Waals surface area contributed by atoms with E-state index < -0.39 is 5.97 Å². The lowest BCUT2D eigenvalue weighted by Gasteiger charge is -2.10.